The van der Waals surface area contributed by atoms with Gasteiger partial charge in [0.2, 0.25) is 5.91 Å². The van der Waals surface area contributed by atoms with Crippen LogP contribution in [0.2, 0.25) is 5.02 Å². The van der Waals surface area contributed by atoms with Crippen LogP contribution in [0.25, 0.3) is 16.2 Å². The lowest BCUT2D eigenvalue weighted by atomic mass is 10.2. The van der Waals surface area contributed by atoms with Gasteiger partial charge in [0.1, 0.15) is 0 Å². The molecule has 1 N–H and O–H groups in total. The minimum atomic E-state index is -0.121. The Labute approximate surface area is 167 Å². The van der Waals surface area contributed by atoms with E-state index in [9.17, 15) is 4.79 Å². The second-order valence-electron chi connectivity index (χ2n) is 5.72. The van der Waals surface area contributed by atoms with Crippen molar-refractivity contribution < 1.29 is 4.79 Å². The highest BCUT2D eigenvalue weighted by atomic mass is 79.9. The highest BCUT2D eigenvalue weighted by Gasteiger charge is 2.13. The Morgan fingerprint density at radius 3 is 2.81 bits per heavy atom. The molecule has 0 aliphatic carbocycles. The average Bonchev–Trinajstić information content (AvgIpc) is 3.20. The molecule has 4 rings (SSSR count). The van der Waals surface area contributed by atoms with Crippen molar-refractivity contribution in [1.29, 1.82) is 0 Å². The number of nitrogens with one attached hydrogen (secondary N) is 1. The Kier molecular flexibility index (Phi) is 4.80. The molecule has 0 spiro atoms. The first-order chi connectivity index (χ1) is 12.6. The number of benzene rings is 2. The van der Waals surface area contributed by atoms with E-state index >= 15 is 0 Å². The number of hydrogen-bond donors (Lipinski definition) is 1. The predicted octanol–water partition coefficient (Wildman–Crippen LogP) is 5.66. The molecular weight excluding hydrogens is 434 g/mol. The first-order valence-corrected chi connectivity index (χ1v) is 9.91. The molecule has 1 amide bonds. The van der Waals surface area contributed by atoms with E-state index in [1.165, 1.54) is 11.3 Å². The number of rotatable bonds is 4. The highest BCUT2D eigenvalue weighted by Crippen LogP contribution is 2.27. The Bertz CT molecular complexity index is 1090. The predicted molar refractivity (Wildman–Crippen MR) is 110 cm³/mol. The number of anilines is 1. The number of nitrogens with zero attached hydrogens (tertiary/aromatic N) is 2. The molecule has 0 radical (unpaired) electrons. The quantitative estimate of drug-likeness (QED) is 0.440. The number of thiazole rings is 1. The molecule has 0 saturated heterocycles. The minimum Gasteiger partial charge on any atom is -0.324 e. The molecule has 2 aromatic carbocycles. The summed E-state index contributed by atoms with van der Waals surface area (Å²) in [6.45, 7) is 0. The minimum absolute atomic E-state index is 0.121. The summed E-state index contributed by atoms with van der Waals surface area (Å²) in [5, 5.41) is 5.31. The third-order valence-corrected chi connectivity index (χ3v) is 5.59. The number of fused-ring (bicyclic) bond motifs is 1. The summed E-state index contributed by atoms with van der Waals surface area (Å²) in [6.07, 6.45) is 2.22. The third-order valence-electron chi connectivity index (χ3n) is 3.90. The van der Waals surface area contributed by atoms with Gasteiger partial charge in [-0.25, -0.2) is 4.98 Å². The fourth-order valence-electron chi connectivity index (χ4n) is 2.65. The van der Waals surface area contributed by atoms with E-state index in [0.29, 0.717) is 10.7 Å². The van der Waals surface area contributed by atoms with E-state index < -0.39 is 0 Å². The van der Waals surface area contributed by atoms with Gasteiger partial charge in [-0.05, 0) is 18.2 Å². The van der Waals surface area contributed by atoms with Crippen LogP contribution in [0.5, 0.6) is 0 Å². The van der Waals surface area contributed by atoms with Crippen molar-refractivity contribution in [1.82, 2.24) is 9.38 Å². The van der Waals surface area contributed by atoms with Crippen LogP contribution >= 0.6 is 38.9 Å². The van der Waals surface area contributed by atoms with Crippen LogP contribution in [0, 0.1) is 0 Å². The van der Waals surface area contributed by atoms with Crippen molar-refractivity contribution in [3.8, 4) is 11.3 Å². The molecule has 0 aliphatic rings. The van der Waals surface area contributed by atoms with Crippen LogP contribution in [0.4, 0.5) is 5.69 Å². The fourth-order valence-corrected chi connectivity index (χ4v) is 4.25. The molecule has 0 fully saturated rings. The summed E-state index contributed by atoms with van der Waals surface area (Å²) < 4.78 is 2.84. The summed E-state index contributed by atoms with van der Waals surface area (Å²) in [6, 6.07) is 15.4. The van der Waals surface area contributed by atoms with Crippen molar-refractivity contribution in [2.24, 2.45) is 0 Å². The summed E-state index contributed by atoms with van der Waals surface area (Å²) in [7, 11) is 0. The zero-order valence-electron chi connectivity index (χ0n) is 13.4. The van der Waals surface area contributed by atoms with E-state index in [2.05, 4.69) is 26.2 Å². The topological polar surface area (TPSA) is 46.4 Å². The summed E-state index contributed by atoms with van der Waals surface area (Å²) in [5.41, 5.74) is 3.45. The lowest BCUT2D eigenvalue weighted by molar-refractivity contribution is -0.115. The zero-order chi connectivity index (χ0) is 18.1. The molecule has 26 heavy (non-hydrogen) atoms. The van der Waals surface area contributed by atoms with Crippen LogP contribution in [-0.4, -0.2) is 15.3 Å². The van der Waals surface area contributed by atoms with Gasteiger partial charge in [0.05, 0.1) is 22.8 Å². The zero-order valence-corrected chi connectivity index (χ0v) is 16.6. The number of aromatic nitrogens is 2. The molecule has 7 heteroatoms. The molecule has 0 bridgehead atoms. The molecule has 0 atom stereocenters. The third kappa shape index (κ3) is 3.53. The maximum Gasteiger partial charge on any atom is 0.230 e. The van der Waals surface area contributed by atoms with E-state index in [-0.39, 0.29) is 12.3 Å². The summed E-state index contributed by atoms with van der Waals surface area (Å²) >= 11 is 11.0. The second-order valence-corrected chi connectivity index (χ2v) is 7.88. The number of halogens is 2. The number of imidazole rings is 1. The van der Waals surface area contributed by atoms with Gasteiger partial charge in [-0.1, -0.05) is 57.9 Å². The van der Waals surface area contributed by atoms with Crippen molar-refractivity contribution in [3.63, 3.8) is 0 Å². The molecule has 2 heterocycles. The Morgan fingerprint density at radius 1 is 1.23 bits per heavy atom. The number of hydrogen-bond acceptors (Lipinski definition) is 3. The largest absolute Gasteiger partial charge is 0.324 e. The van der Waals surface area contributed by atoms with Crippen LogP contribution in [0.3, 0.4) is 0 Å². The smallest absolute Gasteiger partial charge is 0.230 e. The number of carbonyl (C=O) groups excluding carboxylic acids is 1. The number of carbonyl (C=O) groups is 1. The Balaban J connectivity index is 1.55. The maximum absolute atomic E-state index is 12.4. The van der Waals surface area contributed by atoms with Gasteiger partial charge >= 0.3 is 0 Å². The van der Waals surface area contributed by atoms with Gasteiger partial charge in [-0.3, -0.25) is 9.20 Å². The van der Waals surface area contributed by atoms with Gasteiger partial charge in [0, 0.05) is 27.3 Å². The van der Waals surface area contributed by atoms with Gasteiger partial charge in [0.15, 0.2) is 4.96 Å². The van der Waals surface area contributed by atoms with Gasteiger partial charge in [-0.2, -0.15) is 0 Å². The van der Waals surface area contributed by atoms with Crippen molar-refractivity contribution in [2.75, 3.05) is 5.32 Å². The monoisotopic (exact) mass is 445 g/mol. The Morgan fingerprint density at radius 2 is 2.04 bits per heavy atom. The highest BCUT2D eigenvalue weighted by molar-refractivity contribution is 9.10. The molecule has 0 saturated carbocycles. The second kappa shape index (κ2) is 7.23. The standard InChI is InChI=1S/C19H13BrClN3OS/c20-13-6-7-16(15(21)8-13)22-18(25)9-14-11-26-19-23-17(10-24(14)19)12-4-2-1-3-5-12/h1-8,10-11H,9H2,(H,22,25). The Hall–Kier alpha value is -2.15. The first kappa shape index (κ1) is 17.3. The first-order valence-electron chi connectivity index (χ1n) is 7.86. The van der Waals surface area contributed by atoms with E-state index in [4.69, 9.17) is 11.6 Å². The van der Waals surface area contributed by atoms with Crippen LogP contribution in [0.15, 0.2) is 64.6 Å². The van der Waals surface area contributed by atoms with Crippen LogP contribution in [-0.2, 0) is 11.2 Å². The number of amides is 1. The molecule has 4 nitrogen and oxygen atoms in total. The SMILES string of the molecule is O=C(Cc1csc2nc(-c3ccccc3)cn12)Nc1ccc(Br)cc1Cl. The van der Waals surface area contributed by atoms with Crippen molar-refractivity contribution in [3.05, 3.63) is 75.3 Å². The lowest BCUT2D eigenvalue weighted by Gasteiger charge is -2.07. The molecule has 130 valence electrons. The van der Waals surface area contributed by atoms with E-state index in [1.54, 1.807) is 12.1 Å². The summed E-state index contributed by atoms with van der Waals surface area (Å²) in [4.78, 5) is 17.9. The molecule has 0 unspecified atom stereocenters. The molecule has 2 aromatic heterocycles. The lowest BCUT2D eigenvalue weighted by Crippen LogP contribution is -2.15. The maximum atomic E-state index is 12.4. The molecule has 0 aliphatic heterocycles. The van der Waals surface area contributed by atoms with Crippen LogP contribution in [0.1, 0.15) is 5.69 Å². The summed E-state index contributed by atoms with van der Waals surface area (Å²) in [5.74, 6) is -0.121. The van der Waals surface area contributed by atoms with E-state index in [1.807, 2.05) is 52.4 Å². The van der Waals surface area contributed by atoms with Gasteiger partial charge in [-0.15, -0.1) is 11.3 Å². The van der Waals surface area contributed by atoms with E-state index in [0.717, 1.165) is 26.4 Å². The average molecular weight is 447 g/mol. The molecular formula is C19H13BrClN3OS. The normalized spacial score (nSPS) is 11.0. The van der Waals surface area contributed by atoms with Crippen molar-refractivity contribution in [2.45, 2.75) is 6.42 Å². The van der Waals surface area contributed by atoms with Gasteiger partial charge < -0.3 is 5.32 Å². The fraction of sp³-hybridized carbons (Fsp3) is 0.0526. The van der Waals surface area contributed by atoms with Crippen molar-refractivity contribution >= 4 is 55.4 Å². The molecule has 4 aromatic rings. The van der Waals surface area contributed by atoms with Gasteiger partial charge in [0.25, 0.3) is 0 Å². The van der Waals surface area contributed by atoms with Crippen LogP contribution < -0.4 is 5.32 Å².